The molecule has 0 atom stereocenters. The number of carbonyl (C=O) groups excluding carboxylic acids is 1. The second-order valence-corrected chi connectivity index (χ2v) is 5.82. The quantitative estimate of drug-likeness (QED) is 0.591. The van der Waals surface area contributed by atoms with Crippen molar-refractivity contribution in [3.05, 3.63) is 11.3 Å². The minimum absolute atomic E-state index is 0.291. The van der Waals surface area contributed by atoms with Crippen molar-refractivity contribution in [1.29, 1.82) is 0 Å². The Balaban J connectivity index is 2.50. The van der Waals surface area contributed by atoms with Crippen molar-refractivity contribution in [3.63, 3.8) is 0 Å². The third-order valence-electron chi connectivity index (χ3n) is 3.20. The Bertz CT molecular complexity index is 432. The number of nitrogens with one attached hydrogen (secondary N) is 1. The number of hydrogen-bond acceptors (Lipinski definition) is 6. The minimum atomic E-state index is -0.291. The van der Waals surface area contributed by atoms with Gasteiger partial charge in [0.15, 0.2) is 0 Å². The Hall–Kier alpha value is -1.14. The van der Waals surface area contributed by atoms with Crippen LogP contribution in [-0.2, 0) is 4.74 Å². The fraction of sp³-hybridized carbons (Fsp3) is 0.714. The average molecular weight is 299 g/mol. The fourth-order valence-corrected chi connectivity index (χ4v) is 2.53. The molecule has 0 saturated carbocycles. The van der Waals surface area contributed by atoms with E-state index < -0.39 is 0 Å². The van der Waals surface area contributed by atoms with Crippen LogP contribution in [0, 0.1) is 6.92 Å². The highest BCUT2D eigenvalue weighted by Gasteiger charge is 2.19. The van der Waals surface area contributed by atoms with Crippen molar-refractivity contribution in [2.24, 2.45) is 0 Å². The molecule has 0 unspecified atom stereocenters. The number of aromatic nitrogens is 1. The third-order valence-corrected chi connectivity index (χ3v) is 4.09. The summed E-state index contributed by atoms with van der Waals surface area (Å²) in [5, 5.41) is 4.11. The number of anilines is 1. The molecule has 0 radical (unpaired) electrons. The molecule has 0 aliphatic rings. The van der Waals surface area contributed by atoms with Crippen LogP contribution in [0.3, 0.4) is 0 Å². The smallest absolute Gasteiger partial charge is 0.343 e. The van der Waals surface area contributed by atoms with Crippen LogP contribution in [0.25, 0.3) is 0 Å². The zero-order valence-corrected chi connectivity index (χ0v) is 13.8. The summed E-state index contributed by atoms with van der Waals surface area (Å²) in [5.41, 5.74) is 1.31. The molecule has 0 bridgehead atoms. The van der Waals surface area contributed by atoms with Gasteiger partial charge in [-0.05, 0) is 59.2 Å². The Morgan fingerprint density at radius 1 is 1.50 bits per heavy atom. The van der Waals surface area contributed by atoms with Gasteiger partial charge in [-0.1, -0.05) is 0 Å². The van der Waals surface area contributed by atoms with E-state index in [4.69, 9.17) is 4.74 Å². The number of ether oxygens (including phenoxy) is 1. The molecule has 0 saturated heterocycles. The molecule has 0 spiro atoms. The molecule has 0 aliphatic heterocycles. The van der Waals surface area contributed by atoms with Crippen LogP contribution >= 0.6 is 11.5 Å². The molecule has 0 amide bonds. The zero-order chi connectivity index (χ0) is 15.1. The van der Waals surface area contributed by atoms with E-state index in [-0.39, 0.29) is 5.97 Å². The summed E-state index contributed by atoms with van der Waals surface area (Å²) in [6, 6.07) is 0.552. The molecule has 1 heterocycles. The van der Waals surface area contributed by atoms with Gasteiger partial charge in [0.25, 0.3) is 0 Å². The maximum atomic E-state index is 11.9. The van der Waals surface area contributed by atoms with Crippen molar-refractivity contribution in [3.8, 4) is 0 Å². The molecule has 0 fully saturated rings. The lowest BCUT2D eigenvalue weighted by atomic mass is 10.2. The first-order chi connectivity index (χ1) is 9.47. The first-order valence-electron chi connectivity index (χ1n) is 7.04. The van der Waals surface area contributed by atoms with E-state index in [1.807, 2.05) is 13.8 Å². The Labute approximate surface area is 125 Å². The summed E-state index contributed by atoms with van der Waals surface area (Å²) in [6.07, 6.45) is 1.02. The first kappa shape index (κ1) is 16.9. The van der Waals surface area contributed by atoms with Crippen LogP contribution in [0.5, 0.6) is 0 Å². The van der Waals surface area contributed by atoms with Gasteiger partial charge in [0, 0.05) is 12.6 Å². The SMILES string of the molecule is CCOC(=O)c1c(C)nsc1NCCCN(C)C(C)C. The van der Waals surface area contributed by atoms with Gasteiger partial charge < -0.3 is 15.0 Å². The molecule has 114 valence electrons. The maximum Gasteiger partial charge on any atom is 0.343 e. The molecule has 1 aromatic rings. The molecule has 6 heteroatoms. The van der Waals surface area contributed by atoms with Gasteiger partial charge in [-0.15, -0.1) is 0 Å². The van der Waals surface area contributed by atoms with E-state index in [1.165, 1.54) is 11.5 Å². The Morgan fingerprint density at radius 3 is 2.80 bits per heavy atom. The molecular weight excluding hydrogens is 274 g/mol. The molecule has 1 N–H and O–H groups in total. The number of esters is 1. The molecule has 20 heavy (non-hydrogen) atoms. The molecule has 5 nitrogen and oxygen atoms in total. The van der Waals surface area contributed by atoms with E-state index in [1.54, 1.807) is 0 Å². The van der Waals surface area contributed by atoms with Gasteiger partial charge in [0.05, 0.1) is 12.3 Å². The predicted molar refractivity (Wildman–Crippen MR) is 83.7 cm³/mol. The number of carbonyl (C=O) groups is 1. The summed E-state index contributed by atoms with van der Waals surface area (Å²) in [7, 11) is 2.12. The Kier molecular flexibility index (Phi) is 6.95. The summed E-state index contributed by atoms with van der Waals surface area (Å²) in [6.45, 7) is 10.2. The van der Waals surface area contributed by atoms with E-state index in [0.29, 0.717) is 18.2 Å². The normalized spacial score (nSPS) is 11.2. The molecule has 0 aromatic carbocycles. The van der Waals surface area contributed by atoms with Crippen LogP contribution in [-0.4, -0.2) is 48.0 Å². The maximum absolute atomic E-state index is 11.9. The van der Waals surface area contributed by atoms with E-state index in [9.17, 15) is 4.79 Å². The van der Waals surface area contributed by atoms with Crippen LogP contribution in [0.15, 0.2) is 0 Å². The van der Waals surface area contributed by atoms with Crippen molar-refractivity contribution in [2.75, 3.05) is 32.1 Å². The molecule has 1 aromatic heterocycles. The highest BCUT2D eigenvalue weighted by atomic mass is 32.1. The van der Waals surface area contributed by atoms with E-state index in [0.717, 1.165) is 30.2 Å². The third kappa shape index (κ3) is 4.76. The highest BCUT2D eigenvalue weighted by Crippen LogP contribution is 2.25. The summed E-state index contributed by atoms with van der Waals surface area (Å²) in [5.74, 6) is -0.291. The van der Waals surface area contributed by atoms with Gasteiger partial charge in [-0.2, -0.15) is 4.37 Å². The molecular formula is C14H25N3O2S. The summed E-state index contributed by atoms with van der Waals surface area (Å²) in [4.78, 5) is 14.2. The van der Waals surface area contributed by atoms with Crippen LogP contribution < -0.4 is 5.32 Å². The summed E-state index contributed by atoms with van der Waals surface area (Å²) >= 11 is 1.32. The largest absolute Gasteiger partial charge is 0.462 e. The van der Waals surface area contributed by atoms with E-state index in [2.05, 4.69) is 35.5 Å². The van der Waals surface area contributed by atoms with Crippen LogP contribution in [0.2, 0.25) is 0 Å². The highest BCUT2D eigenvalue weighted by molar-refractivity contribution is 7.10. The molecule has 1 rings (SSSR count). The monoisotopic (exact) mass is 299 g/mol. The lowest BCUT2D eigenvalue weighted by molar-refractivity contribution is 0.0527. The van der Waals surface area contributed by atoms with Crippen molar-refractivity contribution in [1.82, 2.24) is 9.27 Å². The average Bonchev–Trinajstić information content (AvgIpc) is 2.75. The minimum Gasteiger partial charge on any atom is -0.462 e. The van der Waals surface area contributed by atoms with Crippen LogP contribution in [0.1, 0.15) is 43.2 Å². The number of aryl methyl sites for hydroxylation is 1. The second kappa shape index (κ2) is 8.21. The number of nitrogens with zero attached hydrogens (tertiary/aromatic N) is 2. The fourth-order valence-electron chi connectivity index (χ4n) is 1.72. The summed E-state index contributed by atoms with van der Waals surface area (Å²) < 4.78 is 9.29. The van der Waals surface area contributed by atoms with Gasteiger partial charge >= 0.3 is 5.97 Å². The van der Waals surface area contributed by atoms with E-state index >= 15 is 0 Å². The second-order valence-electron chi connectivity index (χ2n) is 5.05. The van der Waals surface area contributed by atoms with Gasteiger partial charge in [0.2, 0.25) is 0 Å². The lowest BCUT2D eigenvalue weighted by Gasteiger charge is -2.20. The van der Waals surface area contributed by atoms with Crippen LogP contribution in [0.4, 0.5) is 5.00 Å². The zero-order valence-electron chi connectivity index (χ0n) is 13.0. The number of rotatable bonds is 8. The first-order valence-corrected chi connectivity index (χ1v) is 7.82. The van der Waals surface area contributed by atoms with Crippen molar-refractivity contribution >= 4 is 22.5 Å². The predicted octanol–water partition coefficient (Wildman–Crippen LogP) is 2.77. The topological polar surface area (TPSA) is 54.5 Å². The van der Waals surface area contributed by atoms with Crippen molar-refractivity contribution in [2.45, 2.75) is 40.2 Å². The lowest BCUT2D eigenvalue weighted by Crippen LogP contribution is -2.28. The van der Waals surface area contributed by atoms with Gasteiger partial charge in [0.1, 0.15) is 10.6 Å². The van der Waals surface area contributed by atoms with Gasteiger partial charge in [-0.3, -0.25) is 0 Å². The molecule has 0 aliphatic carbocycles. The van der Waals surface area contributed by atoms with Gasteiger partial charge in [-0.25, -0.2) is 4.79 Å². The Morgan fingerprint density at radius 2 is 2.20 bits per heavy atom. The van der Waals surface area contributed by atoms with Crippen molar-refractivity contribution < 1.29 is 9.53 Å². The number of hydrogen-bond donors (Lipinski definition) is 1. The standard InChI is InChI=1S/C14H25N3O2S/c1-6-19-14(18)12-11(4)16-20-13(12)15-8-7-9-17(5)10(2)3/h10,15H,6-9H2,1-5H3.